The Kier molecular flexibility index (Phi) is 4.16. The van der Waals surface area contributed by atoms with Crippen molar-refractivity contribution in [3.8, 4) is 10.4 Å². The number of amides is 1. The molecule has 23 heavy (non-hydrogen) atoms. The van der Waals surface area contributed by atoms with Gasteiger partial charge in [0.1, 0.15) is 4.88 Å². The Morgan fingerprint density at radius 1 is 1.04 bits per heavy atom. The third kappa shape index (κ3) is 3.27. The Morgan fingerprint density at radius 3 is 2.39 bits per heavy atom. The standard InChI is InChI=1S/C17H12N2O3S/c20-16(12-6-8-18-9-7-12)19-13-10-14(23-15(13)17(21)22)11-4-2-1-3-5-11/h1-10H,(H,19,20)(H,21,22). The van der Waals surface area contributed by atoms with Gasteiger partial charge < -0.3 is 10.4 Å². The summed E-state index contributed by atoms with van der Waals surface area (Å²) in [5.41, 5.74) is 1.62. The van der Waals surface area contributed by atoms with E-state index >= 15 is 0 Å². The van der Waals surface area contributed by atoms with Crippen molar-refractivity contribution < 1.29 is 14.7 Å². The fourth-order valence-electron chi connectivity index (χ4n) is 2.09. The largest absolute Gasteiger partial charge is 0.477 e. The molecule has 0 radical (unpaired) electrons. The van der Waals surface area contributed by atoms with Crippen molar-refractivity contribution >= 4 is 28.9 Å². The lowest BCUT2D eigenvalue weighted by atomic mass is 10.2. The number of nitrogens with zero attached hydrogens (tertiary/aromatic N) is 1. The van der Waals surface area contributed by atoms with Crippen LogP contribution in [0.1, 0.15) is 20.0 Å². The molecule has 114 valence electrons. The molecular formula is C17H12N2O3S. The van der Waals surface area contributed by atoms with Crippen molar-refractivity contribution in [3.63, 3.8) is 0 Å². The van der Waals surface area contributed by atoms with Gasteiger partial charge in [-0.25, -0.2) is 4.79 Å². The van der Waals surface area contributed by atoms with E-state index in [2.05, 4.69) is 10.3 Å². The van der Waals surface area contributed by atoms with Gasteiger partial charge in [-0.1, -0.05) is 30.3 Å². The summed E-state index contributed by atoms with van der Waals surface area (Å²) in [6.45, 7) is 0. The number of pyridine rings is 1. The molecule has 6 heteroatoms. The van der Waals surface area contributed by atoms with Crippen LogP contribution in [0.15, 0.2) is 60.9 Å². The van der Waals surface area contributed by atoms with Gasteiger partial charge in [0.2, 0.25) is 0 Å². The molecule has 0 spiro atoms. The lowest BCUT2D eigenvalue weighted by molar-refractivity contribution is 0.0703. The highest BCUT2D eigenvalue weighted by Gasteiger charge is 2.18. The van der Waals surface area contributed by atoms with Gasteiger partial charge in [0.25, 0.3) is 5.91 Å². The van der Waals surface area contributed by atoms with E-state index in [1.165, 1.54) is 12.4 Å². The molecule has 0 fully saturated rings. The molecule has 0 aliphatic rings. The van der Waals surface area contributed by atoms with Crippen molar-refractivity contribution in [2.45, 2.75) is 0 Å². The molecule has 2 N–H and O–H groups in total. The van der Waals surface area contributed by atoms with Crippen LogP contribution in [0.2, 0.25) is 0 Å². The van der Waals surface area contributed by atoms with Crippen LogP contribution in [0, 0.1) is 0 Å². The molecule has 0 unspecified atom stereocenters. The van der Waals surface area contributed by atoms with Gasteiger partial charge in [0, 0.05) is 22.8 Å². The summed E-state index contributed by atoms with van der Waals surface area (Å²) in [5, 5.41) is 12.0. The van der Waals surface area contributed by atoms with Gasteiger partial charge in [-0.3, -0.25) is 9.78 Å². The van der Waals surface area contributed by atoms with Crippen LogP contribution >= 0.6 is 11.3 Å². The van der Waals surface area contributed by atoms with Gasteiger partial charge in [-0.15, -0.1) is 11.3 Å². The Labute approximate surface area is 136 Å². The lowest BCUT2D eigenvalue weighted by Gasteiger charge is -2.03. The molecule has 0 saturated carbocycles. The molecule has 3 rings (SSSR count). The van der Waals surface area contributed by atoms with Crippen LogP contribution in [0.5, 0.6) is 0 Å². The zero-order chi connectivity index (χ0) is 16.2. The number of anilines is 1. The van der Waals surface area contributed by atoms with Crippen molar-refractivity contribution in [1.82, 2.24) is 4.98 Å². The Bertz CT molecular complexity index is 845. The number of nitrogens with one attached hydrogen (secondary N) is 1. The molecular weight excluding hydrogens is 312 g/mol. The normalized spacial score (nSPS) is 10.3. The first-order valence-corrected chi connectivity index (χ1v) is 7.61. The molecule has 1 aromatic carbocycles. The third-order valence-electron chi connectivity index (χ3n) is 3.18. The lowest BCUT2D eigenvalue weighted by Crippen LogP contribution is -2.13. The van der Waals surface area contributed by atoms with Crippen molar-refractivity contribution in [3.05, 3.63) is 71.4 Å². The van der Waals surface area contributed by atoms with Crippen LogP contribution in [0.4, 0.5) is 5.69 Å². The molecule has 3 aromatic rings. The molecule has 5 nitrogen and oxygen atoms in total. The first kappa shape index (κ1) is 14.9. The number of aromatic carboxylic acids is 1. The van der Waals surface area contributed by atoms with Crippen molar-refractivity contribution in [2.75, 3.05) is 5.32 Å². The van der Waals surface area contributed by atoms with Gasteiger partial charge in [-0.05, 0) is 23.8 Å². The van der Waals surface area contributed by atoms with Crippen molar-refractivity contribution in [1.29, 1.82) is 0 Å². The van der Waals surface area contributed by atoms with E-state index in [0.29, 0.717) is 11.3 Å². The quantitative estimate of drug-likeness (QED) is 0.766. The number of benzene rings is 1. The highest BCUT2D eigenvalue weighted by Crippen LogP contribution is 2.35. The maximum Gasteiger partial charge on any atom is 0.348 e. The number of thiophene rings is 1. The predicted octanol–water partition coefficient (Wildman–Crippen LogP) is 3.76. The minimum Gasteiger partial charge on any atom is -0.477 e. The van der Waals surface area contributed by atoms with E-state index in [-0.39, 0.29) is 10.8 Å². The average Bonchev–Trinajstić information content (AvgIpc) is 3.00. The van der Waals surface area contributed by atoms with Gasteiger partial charge in [0.15, 0.2) is 0 Å². The highest BCUT2D eigenvalue weighted by molar-refractivity contribution is 7.18. The molecule has 2 heterocycles. The van der Waals surface area contributed by atoms with E-state index in [0.717, 1.165) is 21.8 Å². The monoisotopic (exact) mass is 324 g/mol. The van der Waals surface area contributed by atoms with Crippen LogP contribution in [0.3, 0.4) is 0 Å². The third-order valence-corrected chi connectivity index (χ3v) is 4.35. The van der Waals surface area contributed by atoms with Gasteiger partial charge in [0.05, 0.1) is 5.69 Å². The topological polar surface area (TPSA) is 79.3 Å². The number of hydrogen-bond donors (Lipinski definition) is 2. The highest BCUT2D eigenvalue weighted by atomic mass is 32.1. The Hall–Kier alpha value is -2.99. The molecule has 0 bridgehead atoms. The molecule has 0 saturated heterocycles. The van der Waals surface area contributed by atoms with E-state index in [1.807, 2.05) is 30.3 Å². The number of rotatable bonds is 4. The van der Waals surface area contributed by atoms with Crippen LogP contribution in [-0.2, 0) is 0 Å². The Morgan fingerprint density at radius 2 is 1.74 bits per heavy atom. The number of carboxylic acid groups (broad SMARTS) is 1. The summed E-state index contributed by atoms with van der Waals surface area (Å²) >= 11 is 1.13. The second-order valence-corrected chi connectivity index (χ2v) is 5.77. The summed E-state index contributed by atoms with van der Waals surface area (Å²) in [6, 6.07) is 14.3. The zero-order valence-corrected chi connectivity index (χ0v) is 12.7. The first-order chi connectivity index (χ1) is 11.1. The molecule has 0 aliphatic heterocycles. The van der Waals surface area contributed by atoms with Gasteiger partial charge >= 0.3 is 5.97 Å². The summed E-state index contributed by atoms with van der Waals surface area (Å²) in [7, 11) is 0. The molecule has 0 aliphatic carbocycles. The molecule has 2 aromatic heterocycles. The minimum absolute atomic E-state index is 0.103. The molecule has 1 amide bonds. The Balaban J connectivity index is 1.94. The first-order valence-electron chi connectivity index (χ1n) is 6.79. The number of carbonyl (C=O) groups excluding carboxylic acids is 1. The summed E-state index contributed by atoms with van der Waals surface area (Å²) in [5.74, 6) is -1.44. The summed E-state index contributed by atoms with van der Waals surface area (Å²) < 4.78 is 0. The number of hydrogen-bond acceptors (Lipinski definition) is 4. The maximum atomic E-state index is 12.2. The van der Waals surface area contributed by atoms with Crippen LogP contribution in [-0.4, -0.2) is 22.0 Å². The van der Waals surface area contributed by atoms with Crippen LogP contribution in [0.25, 0.3) is 10.4 Å². The van der Waals surface area contributed by atoms with Crippen molar-refractivity contribution in [2.24, 2.45) is 0 Å². The van der Waals surface area contributed by atoms with Crippen LogP contribution < -0.4 is 5.32 Å². The zero-order valence-electron chi connectivity index (χ0n) is 11.9. The van der Waals surface area contributed by atoms with E-state index < -0.39 is 5.97 Å². The number of carbonyl (C=O) groups is 2. The number of carboxylic acids is 1. The smallest absolute Gasteiger partial charge is 0.348 e. The minimum atomic E-state index is -1.07. The summed E-state index contributed by atoms with van der Waals surface area (Å²) in [4.78, 5) is 28.4. The second kappa shape index (κ2) is 6.41. The van der Waals surface area contributed by atoms with E-state index in [9.17, 15) is 14.7 Å². The second-order valence-electron chi connectivity index (χ2n) is 4.71. The molecule has 0 atom stereocenters. The predicted molar refractivity (Wildman–Crippen MR) is 88.9 cm³/mol. The summed E-state index contributed by atoms with van der Waals surface area (Å²) in [6.07, 6.45) is 3.02. The fourth-order valence-corrected chi connectivity index (χ4v) is 3.04. The maximum absolute atomic E-state index is 12.2. The van der Waals surface area contributed by atoms with Gasteiger partial charge in [-0.2, -0.15) is 0 Å². The van der Waals surface area contributed by atoms with E-state index in [4.69, 9.17) is 0 Å². The number of aromatic nitrogens is 1. The fraction of sp³-hybridized carbons (Fsp3) is 0. The SMILES string of the molecule is O=C(Nc1cc(-c2ccccc2)sc1C(=O)O)c1ccncc1. The average molecular weight is 324 g/mol. The van der Waals surface area contributed by atoms with E-state index in [1.54, 1.807) is 18.2 Å².